The van der Waals surface area contributed by atoms with Crippen LogP contribution in [0.25, 0.3) is 0 Å². The van der Waals surface area contributed by atoms with Crippen molar-refractivity contribution in [2.75, 3.05) is 6.26 Å². The lowest BCUT2D eigenvalue weighted by Crippen LogP contribution is -2.23. The predicted molar refractivity (Wildman–Crippen MR) is 62.8 cm³/mol. The van der Waals surface area contributed by atoms with Crippen molar-refractivity contribution >= 4 is 11.8 Å². The zero-order chi connectivity index (χ0) is 9.97. The van der Waals surface area contributed by atoms with E-state index in [9.17, 15) is 0 Å². The van der Waals surface area contributed by atoms with Gasteiger partial charge in [0.15, 0.2) is 0 Å². The van der Waals surface area contributed by atoms with Gasteiger partial charge in [0, 0.05) is 16.9 Å². The second kappa shape index (κ2) is 4.37. The second-order valence-electron chi connectivity index (χ2n) is 3.94. The van der Waals surface area contributed by atoms with Crippen LogP contribution >= 0.6 is 11.8 Å². The first kappa shape index (κ1) is 10.1. The number of nitrogens with two attached hydrogens (primary N) is 1. The molecule has 0 spiro atoms. The highest BCUT2D eigenvalue weighted by atomic mass is 32.2. The van der Waals surface area contributed by atoms with Gasteiger partial charge < -0.3 is 5.73 Å². The fourth-order valence-corrected chi connectivity index (χ4v) is 3.02. The van der Waals surface area contributed by atoms with Crippen molar-refractivity contribution in [2.45, 2.75) is 36.1 Å². The van der Waals surface area contributed by atoms with Gasteiger partial charge in [-0.05, 0) is 30.7 Å². The first-order chi connectivity index (χ1) is 6.83. The van der Waals surface area contributed by atoms with E-state index in [-0.39, 0.29) is 0 Å². The lowest BCUT2D eigenvalue weighted by molar-refractivity contribution is 0.605. The van der Waals surface area contributed by atoms with Crippen molar-refractivity contribution in [3.8, 4) is 0 Å². The van der Waals surface area contributed by atoms with Gasteiger partial charge in [0.1, 0.15) is 0 Å². The molecule has 1 saturated carbocycles. The maximum atomic E-state index is 6.13. The highest BCUT2D eigenvalue weighted by molar-refractivity contribution is 7.98. The summed E-state index contributed by atoms with van der Waals surface area (Å²) < 4.78 is 0. The molecule has 0 bridgehead atoms. The Balaban J connectivity index is 2.30. The van der Waals surface area contributed by atoms with Crippen LogP contribution in [-0.4, -0.2) is 12.3 Å². The normalized spacial score (nSPS) is 26.7. The van der Waals surface area contributed by atoms with Gasteiger partial charge in [0.05, 0.1) is 0 Å². The summed E-state index contributed by atoms with van der Waals surface area (Å²) in [6, 6.07) is 9.05. The molecule has 0 aliphatic heterocycles. The van der Waals surface area contributed by atoms with Gasteiger partial charge in [-0.3, -0.25) is 0 Å². The predicted octanol–water partition coefficient (Wildman–Crippen LogP) is 3.00. The zero-order valence-electron chi connectivity index (χ0n) is 8.57. The summed E-state index contributed by atoms with van der Waals surface area (Å²) in [6.07, 6.45) is 5.87. The van der Waals surface area contributed by atoms with Crippen molar-refractivity contribution in [1.82, 2.24) is 0 Å². The second-order valence-corrected chi connectivity index (χ2v) is 4.79. The van der Waals surface area contributed by atoms with Crippen LogP contribution in [0.2, 0.25) is 0 Å². The SMILES string of the molecule is CSc1ccccc1[C@H]1CCC[C@@H]1N. The van der Waals surface area contributed by atoms with Gasteiger partial charge in [-0.2, -0.15) is 0 Å². The van der Waals surface area contributed by atoms with Crippen molar-refractivity contribution in [3.05, 3.63) is 29.8 Å². The maximum Gasteiger partial charge on any atom is 0.0108 e. The third-order valence-electron chi connectivity index (χ3n) is 3.11. The topological polar surface area (TPSA) is 26.0 Å². The first-order valence-electron chi connectivity index (χ1n) is 5.21. The summed E-state index contributed by atoms with van der Waals surface area (Å²) >= 11 is 1.83. The Bertz CT molecular complexity index is 311. The smallest absolute Gasteiger partial charge is 0.0108 e. The van der Waals surface area contributed by atoms with Crippen LogP contribution in [0.4, 0.5) is 0 Å². The van der Waals surface area contributed by atoms with Crippen LogP contribution in [0.5, 0.6) is 0 Å². The number of hydrogen-bond donors (Lipinski definition) is 1. The van der Waals surface area contributed by atoms with Crippen LogP contribution in [0.1, 0.15) is 30.7 Å². The van der Waals surface area contributed by atoms with E-state index in [0.717, 1.165) is 0 Å². The molecular weight excluding hydrogens is 190 g/mol. The van der Waals surface area contributed by atoms with E-state index in [1.54, 1.807) is 0 Å². The molecule has 1 aliphatic rings. The highest BCUT2D eigenvalue weighted by Gasteiger charge is 2.26. The largest absolute Gasteiger partial charge is 0.327 e. The Morgan fingerprint density at radius 2 is 2.07 bits per heavy atom. The summed E-state index contributed by atoms with van der Waals surface area (Å²) in [7, 11) is 0. The Morgan fingerprint density at radius 1 is 1.29 bits per heavy atom. The van der Waals surface area contributed by atoms with Crippen LogP contribution in [0.3, 0.4) is 0 Å². The van der Waals surface area contributed by atoms with Crippen LogP contribution in [0.15, 0.2) is 29.2 Å². The van der Waals surface area contributed by atoms with Crippen molar-refractivity contribution in [1.29, 1.82) is 0 Å². The quantitative estimate of drug-likeness (QED) is 0.754. The minimum absolute atomic E-state index is 0.378. The van der Waals surface area contributed by atoms with Gasteiger partial charge in [0.25, 0.3) is 0 Å². The standard InChI is InChI=1S/C12H17NS/c1-14-12-8-3-2-5-10(12)9-6-4-7-11(9)13/h2-3,5,8-9,11H,4,6-7,13H2,1H3/t9-,11+/m1/s1. The molecule has 2 N–H and O–H groups in total. The Morgan fingerprint density at radius 3 is 2.71 bits per heavy atom. The van der Waals surface area contributed by atoms with E-state index < -0.39 is 0 Å². The molecule has 1 aliphatic carbocycles. The average Bonchev–Trinajstić information content (AvgIpc) is 2.64. The number of thioether (sulfide) groups is 1. The molecule has 2 rings (SSSR count). The summed E-state index contributed by atoms with van der Waals surface area (Å²) in [4.78, 5) is 1.40. The van der Waals surface area contributed by atoms with Gasteiger partial charge in [0.2, 0.25) is 0 Å². The van der Waals surface area contributed by atoms with Crippen molar-refractivity contribution < 1.29 is 0 Å². The highest BCUT2D eigenvalue weighted by Crippen LogP contribution is 2.37. The fourth-order valence-electron chi connectivity index (χ4n) is 2.35. The van der Waals surface area contributed by atoms with E-state index >= 15 is 0 Å². The number of rotatable bonds is 2. The lowest BCUT2D eigenvalue weighted by Gasteiger charge is -2.18. The Labute approximate surface area is 90.1 Å². The van der Waals surface area contributed by atoms with Crippen molar-refractivity contribution in [2.24, 2.45) is 5.73 Å². The molecule has 0 saturated heterocycles. The minimum atomic E-state index is 0.378. The average molecular weight is 207 g/mol. The molecule has 0 unspecified atom stereocenters. The molecule has 1 fully saturated rings. The van der Waals surface area contributed by atoms with E-state index in [2.05, 4.69) is 30.5 Å². The molecule has 1 aromatic rings. The molecule has 14 heavy (non-hydrogen) atoms. The third-order valence-corrected chi connectivity index (χ3v) is 3.92. The molecule has 1 nitrogen and oxygen atoms in total. The maximum absolute atomic E-state index is 6.13. The number of benzene rings is 1. The molecule has 0 radical (unpaired) electrons. The van der Waals surface area contributed by atoms with Gasteiger partial charge in [-0.1, -0.05) is 24.6 Å². The van der Waals surface area contributed by atoms with Crippen LogP contribution in [-0.2, 0) is 0 Å². The first-order valence-corrected chi connectivity index (χ1v) is 6.44. The summed E-state index contributed by atoms with van der Waals surface area (Å²) in [5.74, 6) is 0.596. The summed E-state index contributed by atoms with van der Waals surface area (Å²) in [5.41, 5.74) is 7.59. The minimum Gasteiger partial charge on any atom is -0.327 e. The molecule has 2 heteroatoms. The monoisotopic (exact) mass is 207 g/mol. The molecule has 0 aromatic heterocycles. The van der Waals surface area contributed by atoms with E-state index in [0.29, 0.717) is 12.0 Å². The van der Waals surface area contributed by atoms with Crippen molar-refractivity contribution in [3.63, 3.8) is 0 Å². The molecule has 0 heterocycles. The molecule has 76 valence electrons. The molecule has 1 aromatic carbocycles. The zero-order valence-corrected chi connectivity index (χ0v) is 9.39. The van der Waals surface area contributed by atoms with E-state index in [1.165, 1.54) is 29.7 Å². The Kier molecular flexibility index (Phi) is 3.14. The van der Waals surface area contributed by atoms with Gasteiger partial charge >= 0.3 is 0 Å². The fraction of sp³-hybridized carbons (Fsp3) is 0.500. The summed E-state index contributed by atoms with van der Waals surface area (Å²) in [5, 5.41) is 0. The number of hydrogen-bond acceptors (Lipinski definition) is 2. The molecular formula is C12H17NS. The molecule has 0 amide bonds. The third kappa shape index (κ3) is 1.82. The van der Waals surface area contributed by atoms with Crippen LogP contribution < -0.4 is 5.73 Å². The van der Waals surface area contributed by atoms with Gasteiger partial charge in [-0.15, -0.1) is 11.8 Å². The Hall–Kier alpha value is -0.470. The summed E-state index contributed by atoms with van der Waals surface area (Å²) in [6.45, 7) is 0. The van der Waals surface area contributed by atoms with Crippen LogP contribution in [0, 0.1) is 0 Å². The lowest BCUT2D eigenvalue weighted by atomic mass is 9.95. The molecule has 2 atom stereocenters. The van der Waals surface area contributed by atoms with Gasteiger partial charge in [-0.25, -0.2) is 0 Å². The van der Waals surface area contributed by atoms with E-state index in [1.807, 2.05) is 11.8 Å². The van der Waals surface area contributed by atoms with E-state index in [4.69, 9.17) is 5.73 Å².